The minimum atomic E-state index is -1.68. The van der Waals surface area contributed by atoms with Crippen molar-refractivity contribution in [1.29, 1.82) is 0 Å². The van der Waals surface area contributed by atoms with Crippen LogP contribution in [0.2, 0.25) is 0 Å². The molecule has 1 saturated carbocycles. The Hall–Kier alpha value is -4.86. The number of ether oxygens (including phenoxy) is 1. The number of nitrogens with one attached hydrogen (secondary N) is 1. The van der Waals surface area contributed by atoms with Crippen molar-refractivity contribution in [2.24, 2.45) is 16.9 Å². The number of hydrogen-bond donors (Lipinski definition) is 3. The first-order valence-electron chi connectivity index (χ1n) is 12.1. The summed E-state index contributed by atoms with van der Waals surface area (Å²) in [5.41, 5.74) is 11.0. The number of halogens is 2. The Bertz CT molecular complexity index is 1680. The van der Waals surface area contributed by atoms with Crippen molar-refractivity contribution in [3.63, 3.8) is 0 Å². The Morgan fingerprint density at radius 1 is 1.08 bits per heavy atom. The molecule has 2 unspecified atom stereocenters. The second-order valence-corrected chi connectivity index (χ2v) is 9.10. The molecule has 8 nitrogen and oxygen atoms in total. The molecule has 1 heterocycles. The van der Waals surface area contributed by atoms with Gasteiger partial charge >= 0.3 is 0 Å². The first-order chi connectivity index (χ1) is 18.5. The van der Waals surface area contributed by atoms with Crippen molar-refractivity contribution in [1.82, 2.24) is 4.98 Å². The van der Waals surface area contributed by atoms with E-state index in [2.05, 4.69) is 10.3 Å². The van der Waals surface area contributed by atoms with Crippen LogP contribution in [-0.4, -0.2) is 22.7 Å². The Balaban J connectivity index is 1.43. The van der Waals surface area contributed by atoms with Gasteiger partial charge < -0.3 is 21.5 Å². The molecule has 0 saturated heterocycles. The van der Waals surface area contributed by atoms with E-state index in [-0.39, 0.29) is 29.2 Å². The number of hydrogen-bond acceptors (Lipinski definition) is 5. The van der Waals surface area contributed by atoms with Gasteiger partial charge in [0.1, 0.15) is 17.0 Å². The summed E-state index contributed by atoms with van der Waals surface area (Å²) in [6.45, 7) is 1.69. The molecule has 5 N–H and O–H groups in total. The van der Waals surface area contributed by atoms with Crippen molar-refractivity contribution >= 4 is 34.3 Å². The molecule has 0 spiro atoms. The summed E-state index contributed by atoms with van der Waals surface area (Å²) in [5.74, 6) is -4.58. The zero-order valence-electron chi connectivity index (χ0n) is 21.0. The van der Waals surface area contributed by atoms with Gasteiger partial charge in [-0.25, -0.2) is 8.78 Å². The van der Waals surface area contributed by atoms with Crippen molar-refractivity contribution in [3.05, 3.63) is 95.2 Å². The fourth-order valence-electron chi connectivity index (χ4n) is 4.55. The number of aryl methyl sites for hydroxylation is 1. The predicted molar refractivity (Wildman–Crippen MR) is 135 cm³/mol. The standard InChI is InChI=1S/C28H22F2N4O4/c1-14-10-19-22(12-18(14)25(31)35)33-9-8-23(19)38-24-7-2-15(11-21(24)30)20-13-28(20,26(32)36)27(37)34-17-5-3-16(29)4-6-17/h2-12,20H,13H2,1H3,(H2,31,35)(H2,32,36)(H,34,37)/i11D. The van der Waals surface area contributed by atoms with Gasteiger partial charge in [0.25, 0.3) is 0 Å². The number of aromatic nitrogens is 1. The number of anilines is 1. The molecule has 0 radical (unpaired) electrons. The highest BCUT2D eigenvalue weighted by molar-refractivity contribution is 6.14. The largest absolute Gasteiger partial charge is 0.454 e. The highest BCUT2D eigenvalue weighted by Crippen LogP contribution is 2.60. The number of pyridine rings is 1. The maximum Gasteiger partial charge on any atom is 0.249 e. The van der Waals surface area contributed by atoms with E-state index in [1.165, 1.54) is 42.6 Å². The Morgan fingerprint density at radius 2 is 1.82 bits per heavy atom. The van der Waals surface area contributed by atoms with Crippen LogP contribution in [0.1, 0.15) is 35.2 Å². The SMILES string of the molecule is [2H]c1c(C2CC2(C(N)=O)C(=O)Nc2ccc(F)cc2)ccc(Oc2ccnc3cc(C(N)=O)c(C)cc23)c1F. The fourth-order valence-corrected chi connectivity index (χ4v) is 4.55. The second kappa shape index (κ2) is 9.22. The first-order valence-corrected chi connectivity index (χ1v) is 11.6. The lowest BCUT2D eigenvalue weighted by Crippen LogP contribution is -2.37. The van der Waals surface area contributed by atoms with Crippen molar-refractivity contribution in [2.45, 2.75) is 19.3 Å². The average Bonchev–Trinajstić information content (AvgIpc) is 3.65. The third-order valence-electron chi connectivity index (χ3n) is 6.70. The zero-order valence-corrected chi connectivity index (χ0v) is 20.0. The molecule has 3 aromatic carbocycles. The number of benzene rings is 3. The van der Waals surface area contributed by atoms with Crippen LogP contribution >= 0.6 is 0 Å². The lowest BCUT2D eigenvalue weighted by Gasteiger charge is -2.15. The molecule has 5 rings (SSSR count). The minimum Gasteiger partial charge on any atom is -0.454 e. The van der Waals surface area contributed by atoms with E-state index in [0.29, 0.717) is 22.0 Å². The summed E-state index contributed by atoms with van der Waals surface area (Å²) in [7, 11) is 0. The minimum absolute atomic E-state index is 0.0165. The third-order valence-corrected chi connectivity index (χ3v) is 6.70. The molecule has 0 aliphatic heterocycles. The number of rotatable bonds is 7. The monoisotopic (exact) mass is 517 g/mol. The number of amides is 3. The van der Waals surface area contributed by atoms with Crippen LogP contribution in [-0.2, 0) is 9.59 Å². The molecule has 2 atom stereocenters. The molecule has 0 bridgehead atoms. The molecule has 1 aliphatic rings. The molecular weight excluding hydrogens is 494 g/mol. The van der Waals surface area contributed by atoms with Gasteiger partial charge in [-0.3, -0.25) is 19.4 Å². The van der Waals surface area contributed by atoms with Crippen molar-refractivity contribution in [2.75, 3.05) is 5.32 Å². The van der Waals surface area contributed by atoms with Crippen molar-refractivity contribution < 1.29 is 29.3 Å². The van der Waals surface area contributed by atoms with E-state index in [1.807, 2.05) is 0 Å². The number of carbonyl (C=O) groups is 3. The van der Waals surface area contributed by atoms with Crippen LogP contribution < -0.4 is 21.5 Å². The van der Waals surface area contributed by atoms with Crippen LogP contribution in [0.3, 0.4) is 0 Å². The van der Waals surface area contributed by atoms with Gasteiger partial charge in [-0.1, -0.05) is 6.07 Å². The molecule has 10 heteroatoms. The van der Waals surface area contributed by atoms with Gasteiger partial charge in [-0.2, -0.15) is 0 Å². The Labute approximate surface area is 217 Å². The first kappa shape index (κ1) is 23.5. The number of carbonyl (C=O) groups excluding carboxylic acids is 3. The van der Waals surface area contributed by atoms with E-state index >= 15 is 4.39 Å². The summed E-state index contributed by atoms with van der Waals surface area (Å²) >= 11 is 0. The van der Waals surface area contributed by atoms with Gasteiger partial charge in [0.2, 0.25) is 17.7 Å². The highest BCUT2D eigenvalue weighted by Gasteiger charge is 2.65. The molecular formula is C28H22F2N4O4. The van der Waals surface area contributed by atoms with Crippen LogP contribution in [0.4, 0.5) is 14.5 Å². The van der Waals surface area contributed by atoms with Gasteiger partial charge in [-0.05, 0) is 79.0 Å². The average molecular weight is 518 g/mol. The van der Waals surface area contributed by atoms with Crippen LogP contribution in [0.5, 0.6) is 11.5 Å². The topological polar surface area (TPSA) is 137 Å². The van der Waals surface area contributed by atoms with Crippen LogP contribution in [0.25, 0.3) is 10.9 Å². The molecule has 1 aromatic heterocycles. The molecule has 4 aromatic rings. The fraction of sp³-hybridized carbons (Fsp3) is 0.143. The normalized spacial score (nSPS) is 18.5. The number of nitrogens with two attached hydrogens (primary N) is 2. The zero-order chi connectivity index (χ0) is 28.1. The van der Waals surface area contributed by atoms with E-state index in [0.717, 1.165) is 12.1 Å². The van der Waals surface area contributed by atoms with E-state index in [9.17, 15) is 18.8 Å². The maximum atomic E-state index is 15.4. The van der Waals surface area contributed by atoms with Crippen molar-refractivity contribution in [3.8, 4) is 11.5 Å². The van der Waals surface area contributed by atoms with E-state index in [1.54, 1.807) is 13.0 Å². The summed E-state index contributed by atoms with van der Waals surface area (Å²) in [4.78, 5) is 41.3. The summed E-state index contributed by atoms with van der Waals surface area (Å²) in [5, 5.41) is 3.04. The van der Waals surface area contributed by atoms with E-state index in [4.69, 9.17) is 17.6 Å². The second-order valence-electron chi connectivity index (χ2n) is 9.10. The molecule has 1 fully saturated rings. The number of fused-ring (bicyclic) bond motifs is 1. The summed E-state index contributed by atoms with van der Waals surface area (Å²) in [6, 6.07) is 11.8. The van der Waals surface area contributed by atoms with Gasteiger partial charge in [-0.15, -0.1) is 0 Å². The Kier molecular flexibility index (Phi) is 5.71. The van der Waals surface area contributed by atoms with E-state index < -0.39 is 46.7 Å². The van der Waals surface area contributed by atoms with Crippen LogP contribution in [0, 0.1) is 24.0 Å². The smallest absolute Gasteiger partial charge is 0.249 e. The van der Waals surface area contributed by atoms with Gasteiger partial charge in [0.15, 0.2) is 11.6 Å². The Morgan fingerprint density at radius 3 is 2.50 bits per heavy atom. The molecule has 3 amide bonds. The lowest BCUT2D eigenvalue weighted by molar-refractivity contribution is -0.132. The quantitative estimate of drug-likeness (QED) is 0.314. The van der Waals surface area contributed by atoms with Gasteiger partial charge in [0.05, 0.1) is 6.89 Å². The summed E-state index contributed by atoms with van der Waals surface area (Å²) < 4.78 is 42.8. The third kappa shape index (κ3) is 4.30. The molecule has 38 heavy (non-hydrogen) atoms. The maximum absolute atomic E-state index is 15.4. The molecule has 1 aliphatic carbocycles. The number of primary amides is 2. The van der Waals surface area contributed by atoms with Gasteiger partial charge in [0, 0.05) is 28.8 Å². The predicted octanol–water partition coefficient (Wildman–Crippen LogP) is 4.31. The van der Waals surface area contributed by atoms with Crippen LogP contribution in [0.15, 0.2) is 66.8 Å². The highest BCUT2D eigenvalue weighted by atomic mass is 19.1. The molecule has 192 valence electrons. The lowest BCUT2D eigenvalue weighted by atomic mass is 9.96. The number of nitrogens with zero attached hydrogens (tertiary/aromatic N) is 1. The summed E-state index contributed by atoms with van der Waals surface area (Å²) in [6.07, 6.45) is 1.41.